The molecule has 0 saturated carbocycles. The van der Waals surface area contributed by atoms with Crippen LogP contribution in [0, 0.1) is 18.3 Å². The number of hydrogen-bond donors (Lipinski definition) is 2. The highest BCUT2D eigenvalue weighted by Crippen LogP contribution is 2.34. The minimum Gasteiger partial charge on any atom is -0.360 e. The zero-order chi connectivity index (χ0) is 27.4. The molecule has 1 aliphatic rings. The molecule has 0 fully saturated rings. The van der Waals surface area contributed by atoms with Crippen molar-refractivity contribution in [3.8, 4) is 6.07 Å². The zero-order valence-corrected chi connectivity index (χ0v) is 22.7. The second-order valence-electron chi connectivity index (χ2n) is 9.20. The number of anilines is 2. The number of aromatic nitrogens is 2. The molecule has 2 heterocycles. The Morgan fingerprint density at radius 3 is 2.62 bits per heavy atom. The van der Waals surface area contributed by atoms with E-state index in [1.54, 1.807) is 6.92 Å². The largest absolute Gasteiger partial charge is 0.360 e. The lowest BCUT2D eigenvalue weighted by atomic mass is 9.82. The molecule has 198 valence electrons. The van der Waals surface area contributed by atoms with Crippen molar-refractivity contribution in [2.24, 2.45) is 0 Å². The molecule has 1 amide bonds. The summed E-state index contributed by atoms with van der Waals surface area (Å²) >= 11 is 1.21. The molecular weight excluding hydrogens is 534 g/mol. The van der Waals surface area contributed by atoms with Crippen molar-refractivity contribution in [3.05, 3.63) is 94.9 Å². The Bertz CT molecular complexity index is 1650. The molecule has 0 bridgehead atoms. The van der Waals surface area contributed by atoms with Crippen LogP contribution in [0.3, 0.4) is 0 Å². The van der Waals surface area contributed by atoms with Crippen molar-refractivity contribution in [2.45, 2.75) is 42.0 Å². The molecule has 0 saturated heterocycles. The molecule has 5 rings (SSSR count). The standard InChI is InChI=1S/C28H25N5O4S2/c1-18-13-26(32-37-18)33-39(35,36)24-10-8-23(9-11-24)30-27(34)17-38-28-22(16-29)15-21-14-20(7-12-25(21)31-28)19-5-3-2-4-6-19/h2-6,8-11,13,15,20H,7,12,14,17H2,1H3,(H,30,34)(H,32,33). The van der Waals surface area contributed by atoms with E-state index in [9.17, 15) is 18.5 Å². The Morgan fingerprint density at radius 1 is 1.15 bits per heavy atom. The van der Waals surface area contributed by atoms with Crippen LogP contribution in [0.25, 0.3) is 0 Å². The first-order valence-electron chi connectivity index (χ1n) is 12.3. The van der Waals surface area contributed by atoms with Gasteiger partial charge in [0.15, 0.2) is 5.82 Å². The van der Waals surface area contributed by atoms with E-state index >= 15 is 0 Å². The molecule has 4 aromatic rings. The van der Waals surface area contributed by atoms with Crippen LogP contribution in [0.15, 0.2) is 81.2 Å². The lowest BCUT2D eigenvalue weighted by molar-refractivity contribution is -0.113. The van der Waals surface area contributed by atoms with E-state index in [-0.39, 0.29) is 22.4 Å². The summed E-state index contributed by atoms with van der Waals surface area (Å²) < 4.78 is 32.3. The molecule has 0 radical (unpaired) electrons. The topological polar surface area (TPSA) is 138 Å². The first-order valence-corrected chi connectivity index (χ1v) is 14.7. The maximum absolute atomic E-state index is 12.6. The molecule has 1 unspecified atom stereocenters. The normalized spacial score (nSPS) is 14.7. The predicted molar refractivity (Wildman–Crippen MR) is 148 cm³/mol. The Morgan fingerprint density at radius 2 is 1.92 bits per heavy atom. The van der Waals surface area contributed by atoms with Gasteiger partial charge in [-0.3, -0.25) is 9.52 Å². The number of aryl methyl sites for hydroxylation is 2. The zero-order valence-electron chi connectivity index (χ0n) is 21.0. The van der Waals surface area contributed by atoms with Gasteiger partial charge in [0.1, 0.15) is 16.9 Å². The van der Waals surface area contributed by atoms with Gasteiger partial charge in [0, 0.05) is 17.4 Å². The van der Waals surface area contributed by atoms with Crippen LogP contribution in [0.1, 0.15) is 40.5 Å². The molecule has 0 spiro atoms. The van der Waals surface area contributed by atoms with Crippen molar-refractivity contribution in [2.75, 3.05) is 15.8 Å². The van der Waals surface area contributed by atoms with E-state index in [0.29, 0.717) is 28.0 Å². The van der Waals surface area contributed by atoms with Crippen LogP contribution in [-0.4, -0.2) is 30.2 Å². The van der Waals surface area contributed by atoms with Crippen LogP contribution in [-0.2, 0) is 27.7 Å². The number of amides is 1. The molecule has 2 aromatic carbocycles. The Kier molecular flexibility index (Phi) is 7.67. The number of nitrogens with one attached hydrogen (secondary N) is 2. The maximum Gasteiger partial charge on any atom is 0.263 e. The highest BCUT2D eigenvalue weighted by molar-refractivity contribution is 8.00. The third kappa shape index (κ3) is 6.30. The summed E-state index contributed by atoms with van der Waals surface area (Å²) in [6.45, 7) is 1.66. The molecule has 2 aromatic heterocycles. The summed E-state index contributed by atoms with van der Waals surface area (Å²) in [6, 6.07) is 21.8. The van der Waals surface area contributed by atoms with Gasteiger partial charge in [-0.1, -0.05) is 47.3 Å². The van der Waals surface area contributed by atoms with Crippen molar-refractivity contribution in [3.63, 3.8) is 0 Å². The predicted octanol–water partition coefficient (Wildman–Crippen LogP) is 5.05. The van der Waals surface area contributed by atoms with Crippen molar-refractivity contribution in [1.29, 1.82) is 5.26 Å². The van der Waals surface area contributed by atoms with E-state index in [0.717, 1.165) is 30.5 Å². The smallest absolute Gasteiger partial charge is 0.263 e. The Labute approximate surface area is 230 Å². The maximum atomic E-state index is 12.6. The number of hydrogen-bond acceptors (Lipinski definition) is 8. The number of rotatable bonds is 8. The molecule has 11 heteroatoms. The quantitative estimate of drug-likeness (QED) is 0.286. The van der Waals surface area contributed by atoms with Crippen molar-refractivity contribution < 1.29 is 17.7 Å². The number of sulfonamides is 1. The number of fused-ring (bicyclic) bond motifs is 1. The fourth-order valence-corrected chi connectivity index (χ4v) is 6.26. The number of nitriles is 1. The van der Waals surface area contributed by atoms with E-state index in [2.05, 4.69) is 33.4 Å². The van der Waals surface area contributed by atoms with Gasteiger partial charge < -0.3 is 9.84 Å². The number of carbonyl (C=O) groups excluding carboxylic acids is 1. The summed E-state index contributed by atoms with van der Waals surface area (Å²) in [5.74, 6) is 0.734. The number of carbonyl (C=O) groups is 1. The molecule has 39 heavy (non-hydrogen) atoms. The van der Waals surface area contributed by atoms with Crippen molar-refractivity contribution >= 4 is 39.2 Å². The van der Waals surface area contributed by atoms with Gasteiger partial charge in [-0.05, 0) is 73.6 Å². The first kappa shape index (κ1) is 26.5. The summed E-state index contributed by atoms with van der Waals surface area (Å²) in [5, 5.41) is 16.6. The third-order valence-corrected chi connectivity index (χ3v) is 8.76. The summed E-state index contributed by atoms with van der Waals surface area (Å²) in [6.07, 6.45) is 2.65. The van der Waals surface area contributed by atoms with E-state index in [1.807, 2.05) is 24.3 Å². The molecular formula is C28H25N5O4S2. The minimum atomic E-state index is -3.85. The van der Waals surface area contributed by atoms with Gasteiger partial charge in [0.2, 0.25) is 5.91 Å². The Hall–Kier alpha value is -4.14. The first-order chi connectivity index (χ1) is 18.8. The fourth-order valence-electron chi connectivity index (χ4n) is 4.50. The molecule has 1 aliphatic carbocycles. The van der Waals surface area contributed by atoms with Crippen molar-refractivity contribution in [1.82, 2.24) is 10.1 Å². The van der Waals surface area contributed by atoms with Gasteiger partial charge in [0.25, 0.3) is 10.0 Å². The number of thioether (sulfide) groups is 1. The van der Waals surface area contributed by atoms with Crippen LogP contribution in [0.5, 0.6) is 0 Å². The van der Waals surface area contributed by atoms with Gasteiger partial charge >= 0.3 is 0 Å². The summed E-state index contributed by atoms with van der Waals surface area (Å²) in [5.41, 5.74) is 4.27. The van der Waals surface area contributed by atoms with Crippen LogP contribution >= 0.6 is 11.8 Å². The molecule has 0 aliphatic heterocycles. The number of pyridine rings is 1. The second kappa shape index (κ2) is 11.3. The average Bonchev–Trinajstić information content (AvgIpc) is 3.35. The van der Waals surface area contributed by atoms with E-state index in [4.69, 9.17) is 9.51 Å². The SMILES string of the molecule is Cc1cc(NS(=O)(=O)c2ccc(NC(=O)CSc3nc4c(cc3C#N)CC(c3ccccc3)CC4)cc2)no1. The van der Waals surface area contributed by atoms with Crippen LogP contribution < -0.4 is 10.0 Å². The highest BCUT2D eigenvalue weighted by atomic mass is 32.2. The lowest BCUT2D eigenvalue weighted by Gasteiger charge is -2.25. The van der Waals surface area contributed by atoms with Crippen LogP contribution in [0.4, 0.5) is 11.5 Å². The van der Waals surface area contributed by atoms with Gasteiger partial charge in [0.05, 0.1) is 16.2 Å². The van der Waals surface area contributed by atoms with E-state index < -0.39 is 10.0 Å². The minimum absolute atomic E-state index is 0.0157. The van der Waals surface area contributed by atoms with Gasteiger partial charge in [-0.25, -0.2) is 13.4 Å². The fraction of sp³-hybridized carbons (Fsp3) is 0.214. The molecule has 9 nitrogen and oxygen atoms in total. The molecule has 2 N–H and O–H groups in total. The highest BCUT2D eigenvalue weighted by Gasteiger charge is 2.23. The van der Waals surface area contributed by atoms with Gasteiger partial charge in [-0.2, -0.15) is 5.26 Å². The van der Waals surface area contributed by atoms with Crippen LogP contribution in [0.2, 0.25) is 0 Å². The second-order valence-corrected chi connectivity index (χ2v) is 11.8. The van der Waals surface area contributed by atoms with E-state index in [1.165, 1.54) is 47.7 Å². The Balaban J connectivity index is 1.20. The summed E-state index contributed by atoms with van der Waals surface area (Å²) in [4.78, 5) is 17.4. The average molecular weight is 560 g/mol. The number of nitrogens with zero attached hydrogens (tertiary/aromatic N) is 3. The monoisotopic (exact) mass is 559 g/mol. The summed E-state index contributed by atoms with van der Waals surface area (Å²) in [7, 11) is -3.85. The lowest BCUT2D eigenvalue weighted by Crippen LogP contribution is -2.17. The third-order valence-electron chi connectivity index (χ3n) is 6.40. The number of benzene rings is 2. The molecule has 1 atom stereocenters. The van der Waals surface area contributed by atoms with Gasteiger partial charge in [-0.15, -0.1) is 0 Å².